The highest BCUT2D eigenvalue weighted by Gasteiger charge is 2.36. The van der Waals surface area contributed by atoms with Crippen molar-refractivity contribution >= 4 is 11.6 Å². The van der Waals surface area contributed by atoms with E-state index >= 15 is 0 Å². The van der Waals surface area contributed by atoms with Gasteiger partial charge in [-0.3, -0.25) is 0 Å². The summed E-state index contributed by atoms with van der Waals surface area (Å²) in [6, 6.07) is 2.20. The molecule has 23 heavy (non-hydrogen) atoms. The maximum atomic E-state index is 5.55. The van der Waals surface area contributed by atoms with Gasteiger partial charge in [-0.15, -0.1) is 0 Å². The van der Waals surface area contributed by atoms with Crippen LogP contribution in [0.15, 0.2) is 12.4 Å². The van der Waals surface area contributed by atoms with Crippen molar-refractivity contribution in [2.45, 2.75) is 44.9 Å². The van der Waals surface area contributed by atoms with E-state index in [0.29, 0.717) is 5.41 Å². The van der Waals surface area contributed by atoms with Crippen molar-refractivity contribution in [1.29, 1.82) is 0 Å². The minimum absolute atomic E-state index is 0.539. The number of hydrogen-bond donors (Lipinski definition) is 0. The van der Waals surface area contributed by atoms with Crippen molar-refractivity contribution in [2.24, 2.45) is 5.41 Å². The van der Waals surface area contributed by atoms with Crippen molar-refractivity contribution in [3.8, 4) is 0 Å². The normalized spacial score (nSPS) is 24.9. The molecule has 0 unspecified atom stereocenters. The first-order valence-electron chi connectivity index (χ1n) is 9.24. The molecule has 0 radical (unpaired) electrons. The molecule has 0 N–H and O–H groups in total. The Hall–Kier alpha value is -1.36. The van der Waals surface area contributed by atoms with E-state index in [1.807, 2.05) is 0 Å². The molecule has 3 saturated heterocycles. The van der Waals surface area contributed by atoms with E-state index in [4.69, 9.17) is 4.74 Å². The van der Waals surface area contributed by atoms with Gasteiger partial charge in [-0.2, -0.15) is 0 Å². The minimum atomic E-state index is 0.539. The fourth-order valence-corrected chi connectivity index (χ4v) is 4.32. The fraction of sp³-hybridized carbons (Fsp3) is 0.778. The maximum Gasteiger partial charge on any atom is 0.134 e. The Bertz CT molecular complexity index is 514. The van der Waals surface area contributed by atoms with Gasteiger partial charge in [0, 0.05) is 45.5 Å². The standard InChI is InChI=1S/C18H28N4O/c1-2-8-21(9-3-1)16-14-17(20-15-19-16)22-10-4-18(5-11-22)6-12-23-13-7-18/h14-15H,1-13H2. The van der Waals surface area contributed by atoms with Crippen LogP contribution in [-0.4, -0.2) is 49.4 Å². The predicted octanol–water partition coefficient (Wildman–Crippen LogP) is 2.86. The number of nitrogens with zero attached hydrogens (tertiary/aromatic N) is 4. The van der Waals surface area contributed by atoms with Crippen LogP contribution in [0, 0.1) is 5.41 Å². The Kier molecular flexibility index (Phi) is 4.38. The largest absolute Gasteiger partial charge is 0.381 e. The molecule has 4 heterocycles. The number of piperidine rings is 2. The van der Waals surface area contributed by atoms with Gasteiger partial charge in [0.15, 0.2) is 0 Å². The zero-order chi connectivity index (χ0) is 15.5. The van der Waals surface area contributed by atoms with Crippen LogP contribution in [0.25, 0.3) is 0 Å². The summed E-state index contributed by atoms with van der Waals surface area (Å²) >= 11 is 0. The number of anilines is 2. The molecule has 5 heteroatoms. The lowest BCUT2D eigenvalue weighted by Crippen LogP contribution is -2.43. The predicted molar refractivity (Wildman–Crippen MR) is 92.0 cm³/mol. The minimum Gasteiger partial charge on any atom is -0.381 e. The van der Waals surface area contributed by atoms with Gasteiger partial charge in [0.1, 0.15) is 18.0 Å². The lowest BCUT2D eigenvalue weighted by Gasteiger charge is -2.44. The third-order valence-corrected chi connectivity index (χ3v) is 6.02. The first-order chi connectivity index (χ1) is 11.3. The second-order valence-electron chi connectivity index (χ2n) is 7.38. The zero-order valence-corrected chi connectivity index (χ0v) is 14.0. The van der Waals surface area contributed by atoms with Crippen LogP contribution in [0.3, 0.4) is 0 Å². The molecule has 0 aromatic carbocycles. The number of ether oxygens (including phenoxy) is 1. The summed E-state index contributed by atoms with van der Waals surface area (Å²) in [5, 5.41) is 0. The molecule has 3 aliphatic heterocycles. The van der Waals surface area contributed by atoms with Crippen molar-refractivity contribution in [3.63, 3.8) is 0 Å². The molecule has 3 fully saturated rings. The van der Waals surface area contributed by atoms with Crippen LogP contribution < -0.4 is 9.80 Å². The van der Waals surface area contributed by atoms with Crippen LogP contribution in [0.5, 0.6) is 0 Å². The molecule has 0 saturated carbocycles. The van der Waals surface area contributed by atoms with Crippen LogP contribution in [0.1, 0.15) is 44.9 Å². The highest BCUT2D eigenvalue weighted by molar-refractivity contribution is 5.50. The van der Waals surface area contributed by atoms with Crippen LogP contribution >= 0.6 is 0 Å². The van der Waals surface area contributed by atoms with Gasteiger partial charge < -0.3 is 14.5 Å². The average molecular weight is 316 g/mol. The first-order valence-corrected chi connectivity index (χ1v) is 9.24. The van der Waals surface area contributed by atoms with Crippen molar-refractivity contribution in [3.05, 3.63) is 12.4 Å². The Morgan fingerprint density at radius 1 is 0.783 bits per heavy atom. The van der Waals surface area contributed by atoms with Gasteiger partial charge in [-0.05, 0) is 50.4 Å². The molecule has 0 bridgehead atoms. The van der Waals surface area contributed by atoms with Gasteiger partial charge in [0.2, 0.25) is 0 Å². The summed E-state index contributed by atoms with van der Waals surface area (Å²) in [7, 11) is 0. The van der Waals surface area contributed by atoms with E-state index in [1.165, 1.54) is 44.9 Å². The molecule has 0 atom stereocenters. The maximum absolute atomic E-state index is 5.55. The fourth-order valence-electron chi connectivity index (χ4n) is 4.32. The monoisotopic (exact) mass is 316 g/mol. The number of rotatable bonds is 2. The summed E-state index contributed by atoms with van der Waals surface area (Å²) < 4.78 is 5.55. The van der Waals surface area contributed by atoms with Gasteiger partial charge in [0.05, 0.1) is 0 Å². The molecule has 5 nitrogen and oxygen atoms in total. The molecule has 1 spiro atoms. The molecule has 1 aromatic heterocycles. The van der Waals surface area contributed by atoms with E-state index in [-0.39, 0.29) is 0 Å². The zero-order valence-electron chi connectivity index (χ0n) is 14.0. The third kappa shape index (κ3) is 3.30. The molecule has 1 aromatic rings. The highest BCUT2D eigenvalue weighted by atomic mass is 16.5. The Labute approximate surface area is 139 Å². The molecule has 4 rings (SSSR count). The lowest BCUT2D eigenvalue weighted by atomic mass is 9.72. The van der Waals surface area contributed by atoms with Crippen LogP contribution in [0.2, 0.25) is 0 Å². The quantitative estimate of drug-likeness (QED) is 0.839. The molecule has 0 aliphatic carbocycles. The van der Waals surface area contributed by atoms with E-state index in [9.17, 15) is 0 Å². The smallest absolute Gasteiger partial charge is 0.134 e. The molecular weight excluding hydrogens is 288 g/mol. The van der Waals surface area contributed by atoms with E-state index in [2.05, 4.69) is 25.8 Å². The molecular formula is C18H28N4O. The molecule has 0 amide bonds. The van der Waals surface area contributed by atoms with Crippen molar-refractivity contribution in [1.82, 2.24) is 9.97 Å². The molecule has 126 valence electrons. The Morgan fingerprint density at radius 2 is 1.39 bits per heavy atom. The van der Waals surface area contributed by atoms with Gasteiger partial charge in [-0.1, -0.05) is 0 Å². The highest BCUT2D eigenvalue weighted by Crippen LogP contribution is 2.41. The number of aromatic nitrogens is 2. The van der Waals surface area contributed by atoms with Crippen LogP contribution in [-0.2, 0) is 4.74 Å². The Morgan fingerprint density at radius 3 is 2.04 bits per heavy atom. The van der Waals surface area contributed by atoms with E-state index in [1.54, 1.807) is 6.33 Å². The molecule has 3 aliphatic rings. The van der Waals surface area contributed by atoms with Gasteiger partial charge in [-0.25, -0.2) is 9.97 Å². The first kappa shape index (κ1) is 15.2. The van der Waals surface area contributed by atoms with E-state index < -0.39 is 0 Å². The summed E-state index contributed by atoms with van der Waals surface area (Å²) in [4.78, 5) is 13.9. The lowest BCUT2D eigenvalue weighted by molar-refractivity contribution is 0.00206. The SMILES string of the molecule is c1nc(N2CCCCC2)cc(N2CCC3(CCOCC3)CC2)n1. The van der Waals surface area contributed by atoms with Crippen molar-refractivity contribution in [2.75, 3.05) is 49.2 Å². The summed E-state index contributed by atoms with van der Waals surface area (Å²) in [5.41, 5.74) is 0.539. The summed E-state index contributed by atoms with van der Waals surface area (Å²) in [6.07, 6.45) is 10.7. The van der Waals surface area contributed by atoms with Gasteiger partial charge in [0.25, 0.3) is 0 Å². The second-order valence-corrected chi connectivity index (χ2v) is 7.38. The van der Waals surface area contributed by atoms with Crippen LogP contribution in [0.4, 0.5) is 11.6 Å². The average Bonchev–Trinajstić information content (AvgIpc) is 2.64. The second kappa shape index (κ2) is 6.63. The summed E-state index contributed by atoms with van der Waals surface area (Å²) in [6.45, 7) is 6.42. The summed E-state index contributed by atoms with van der Waals surface area (Å²) in [5.74, 6) is 2.23. The van der Waals surface area contributed by atoms with E-state index in [0.717, 1.165) is 51.0 Å². The van der Waals surface area contributed by atoms with Gasteiger partial charge >= 0.3 is 0 Å². The van der Waals surface area contributed by atoms with Crippen molar-refractivity contribution < 1.29 is 4.74 Å². The number of hydrogen-bond acceptors (Lipinski definition) is 5. The Balaban J connectivity index is 1.42. The third-order valence-electron chi connectivity index (χ3n) is 6.02. The topological polar surface area (TPSA) is 41.5 Å².